The quantitative estimate of drug-likeness (QED) is 0.300. The smallest absolute Gasteiger partial charge is 0.262 e. The molecule has 0 saturated carbocycles. The van der Waals surface area contributed by atoms with Gasteiger partial charge >= 0.3 is 0 Å². The number of ether oxygens (including phenoxy) is 3. The van der Waals surface area contributed by atoms with E-state index in [2.05, 4.69) is 5.32 Å². The van der Waals surface area contributed by atoms with Crippen molar-refractivity contribution >= 4 is 22.0 Å². The van der Waals surface area contributed by atoms with Crippen LogP contribution < -0.4 is 14.8 Å². The van der Waals surface area contributed by atoms with Crippen LogP contribution in [0.3, 0.4) is 0 Å². The molecule has 2 heterocycles. The fourth-order valence-electron chi connectivity index (χ4n) is 4.06. The van der Waals surface area contributed by atoms with E-state index in [9.17, 15) is 18.5 Å². The zero-order valence-electron chi connectivity index (χ0n) is 21.7. The Hall–Kier alpha value is -4.11. The third-order valence-corrected chi connectivity index (χ3v) is 8.09. The van der Waals surface area contributed by atoms with Crippen molar-refractivity contribution in [2.45, 2.75) is 11.3 Å². The fraction of sp³-hybridized carbons (Fsp3) is 0.286. The molecule has 1 amide bonds. The van der Waals surface area contributed by atoms with Gasteiger partial charge in [-0.1, -0.05) is 6.07 Å². The van der Waals surface area contributed by atoms with Crippen molar-refractivity contribution in [3.8, 4) is 28.9 Å². The molecule has 0 bridgehead atoms. The molecule has 1 N–H and O–H groups in total. The number of hydrogen-bond donors (Lipinski definition) is 1. The highest BCUT2D eigenvalue weighted by molar-refractivity contribution is 7.89. The van der Waals surface area contributed by atoms with Crippen LogP contribution in [-0.2, 0) is 26.0 Å². The van der Waals surface area contributed by atoms with Gasteiger partial charge in [-0.15, -0.1) is 0 Å². The lowest BCUT2D eigenvalue weighted by molar-refractivity contribution is -0.117. The van der Waals surface area contributed by atoms with Crippen LogP contribution in [0.25, 0.3) is 17.4 Å². The molecule has 204 valence electrons. The minimum Gasteiger partial charge on any atom is -0.493 e. The second kappa shape index (κ2) is 12.6. The summed E-state index contributed by atoms with van der Waals surface area (Å²) in [5.74, 6) is 1.49. The number of carbonyl (C=O) groups is 1. The van der Waals surface area contributed by atoms with E-state index in [1.54, 1.807) is 44.6 Å². The van der Waals surface area contributed by atoms with Gasteiger partial charge in [-0.2, -0.15) is 9.57 Å². The minimum absolute atomic E-state index is 0.102. The molecule has 4 rings (SSSR count). The first-order valence-corrected chi connectivity index (χ1v) is 13.7. The number of benzene rings is 2. The summed E-state index contributed by atoms with van der Waals surface area (Å²) in [7, 11) is -0.480. The fourth-order valence-corrected chi connectivity index (χ4v) is 5.46. The first-order valence-electron chi connectivity index (χ1n) is 12.2. The van der Waals surface area contributed by atoms with Crippen LogP contribution in [-0.4, -0.2) is 65.7 Å². The van der Waals surface area contributed by atoms with Crippen LogP contribution in [0.15, 0.2) is 69.5 Å². The average molecular weight is 552 g/mol. The number of morpholine rings is 1. The van der Waals surface area contributed by atoms with Crippen molar-refractivity contribution in [3.05, 3.63) is 71.5 Å². The number of sulfonamides is 1. The first-order chi connectivity index (χ1) is 18.8. The maximum atomic E-state index is 12.8. The van der Waals surface area contributed by atoms with Crippen LogP contribution in [0.2, 0.25) is 0 Å². The summed E-state index contributed by atoms with van der Waals surface area (Å²) >= 11 is 0. The standard InChI is InChI=1S/C28H29N3O7S/c1-35-26-9-3-20(17-27(26)36-2)11-12-30-28(32)22(19-29)18-23-6-10-25(38-23)21-4-7-24(8-5-21)39(33,34)31-13-15-37-16-14-31/h3-10,17-18H,11-16H2,1-2H3,(H,30,32)/b22-18+. The van der Waals surface area contributed by atoms with Crippen molar-refractivity contribution in [2.24, 2.45) is 0 Å². The Morgan fingerprint density at radius 1 is 1.05 bits per heavy atom. The topological polar surface area (TPSA) is 131 Å². The van der Waals surface area contributed by atoms with Gasteiger partial charge in [0, 0.05) is 31.3 Å². The summed E-state index contributed by atoms with van der Waals surface area (Å²) in [5, 5.41) is 12.3. The summed E-state index contributed by atoms with van der Waals surface area (Å²) in [6.45, 7) is 1.71. The summed E-state index contributed by atoms with van der Waals surface area (Å²) in [6, 6.07) is 17.1. The third kappa shape index (κ3) is 6.67. The lowest BCUT2D eigenvalue weighted by Gasteiger charge is -2.26. The zero-order valence-corrected chi connectivity index (χ0v) is 22.5. The van der Waals surface area contributed by atoms with Crippen LogP contribution in [0.1, 0.15) is 11.3 Å². The number of carbonyl (C=O) groups excluding carboxylic acids is 1. The molecular formula is C28H29N3O7S. The molecule has 0 unspecified atom stereocenters. The number of nitrogens with one attached hydrogen (secondary N) is 1. The van der Waals surface area contributed by atoms with Crippen LogP contribution in [0.5, 0.6) is 11.5 Å². The average Bonchev–Trinajstić information content (AvgIpc) is 3.45. The summed E-state index contributed by atoms with van der Waals surface area (Å²) in [5.41, 5.74) is 1.50. The lowest BCUT2D eigenvalue weighted by Crippen LogP contribution is -2.40. The van der Waals surface area contributed by atoms with Crippen molar-refractivity contribution in [1.82, 2.24) is 9.62 Å². The molecular weight excluding hydrogens is 522 g/mol. The van der Waals surface area contributed by atoms with Crippen molar-refractivity contribution in [3.63, 3.8) is 0 Å². The molecule has 2 aromatic carbocycles. The Kier molecular flexibility index (Phi) is 9.03. The van der Waals surface area contributed by atoms with Crippen LogP contribution >= 0.6 is 0 Å². The van der Waals surface area contributed by atoms with Crippen molar-refractivity contribution in [2.75, 3.05) is 47.1 Å². The normalized spacial score (nSPS) is 14.4. The van der Waals surface area contributed by atoms with E-state index in [1.807, 2.05) is 18.2 Å². The van der Waals surface area contributed by atoms with Crippen molar-refractivity contribution in [1.29, 1.82) is 5.26 Å². The second-order valence-corrected chi connectivity index (χ2v) is 10.5. The summed E-state index contributed by atoms with van der Waals surface area (Å²) in [6.07, 6.45) is 1.90. The second-order valence-electron chi connectivity index (χ2n) is 8.61. The predicted octanol–water partition coefficient (Wildman–Crippen LogP) is 3.25. The molecule has 10 nitrogen and oxygen atoms in total. The number of amides is 1. The van der Waals surface area contributed by atoms with Gasteiger partial charge < -0.3 is 23.9 Å². The van der Waals surface area contributed by atoms with E-state index in [1.165, 1.54) is 22.5 Å². The maximum absolute atomic E-state index is 12.8. The first kappa shape index (κ1) is 27.9. The van der Waals surface area contributed by atoms with Crippen LogP contribution in [0, 0.1) is 11.3 Å². The Morgan fingerprint density at radius 3 is 2.44 bits per heavy atom. The summed E-state index contributed by atoms with van der Waals surface area (Å²) in [4.78, 5) is 12.8. The van der Waals surface area contributed by atoms with Crippen LogP contribution in [0.4, 0.5) is 0 Å². The van der Waals surface area contributed by atoms with E-state index in [-0.39, 0.29) is 10.5 Å². The molecule has 0 atom stereocenters. The molecule has 0 radical (unpaired) electrons. The van der Waals surface area contributed by atoms with E-state index >= 15 is 0 Å². The van der Waals surface area contributed by atoms with Gasteiger partial charge in [0.05, 0.1) is 32.3 Å². The van der Waals surface area contributed by atoms with E-state index in [0.717, 1.165) is 5.56 Å². The molecule has 3 aromatic rings. The molecule has 0 aliphatic carbocycles. The monoisotopic (exact) mass is 551 g/mol. The number of furan rings is 1. The number of nitriles is 1. The van der Waals surface area contributed by atoms with Gasteiger partial charge in [0.1, 0.15) is 23.2 Å². The van der Waals surface area contributed by atoms with E-state index < -0.39 is 15.9 Å². The predicted molar refractivity (Wildman–Crippen MR) is 144 cm³/mol. The van der Waals surface area contributed by atoms with E-state index in [4.69, 9.17) is 18.6 Å². The highest BCUT2D eigenvalue weighted by atomic mass is 32.2. The summed E-state index contributed by atoms with van der Waals surface area (Å²) < 4.78 is 48.6. The van der Waals surface area contributed by atoms with E-state index in [0.29, 0.717) is 67.9 Å². The van der Waals surface area contributed by atoms with Gasteiger partial charge in [-0.25, -0.2) is 8.42 Å². The largest absolute Gasteiger partial charge is 0.493 e. The van der Waals surface area contributed by atoms with Gasteiger partial charge in [-0.3, -0.25) is 4.79 Å². The Balaban J connectivity index is 1.38. The zero-order chi connectivity index (χ0) is 27.8. The Morgan fingerprint density at radius 2 is 1.77 bits per heavy atom. The molecule has 1 saturated heterocycles. The SMILES string of the molecule is COc1ccc(CCNC(=O)/C(C#N)=C/c2ccc(-c3ccc(S(=O)(=O)N4CCOCC4)cc3)o2)cc1OC. The van der Waals surface area contributed by atoms with Gasteiger partial charge in [0.25, 0.3) is 5.91 Å². The lowest BCUT2D eigenvalue weighted by atomic mass is 10.1. The number of nitrogens with zero attached hydrogens (tertiary/aromatic N) is 2. The Bertz CT molecular complexity index is 1480. The van der Waals surface area contributed by atoms with Gasteiger partial charge in [0.2, 0.25) is 10.0 Å². The molecule has 0 spiro atoms. The third-order valence-electron chi connectivity index (χ3n) is 6.17. The van der Waals surface area contributed by atoms with Gasteiger partial charge in [-0.05, 0) is 60.5 Å². The highest BCUT2D eigenvalue weighted by Gasteiger charge is 2.26. The molecule has 1 aliphatic rings. The molecule has 39 heavy (non-hydrogen) atoms. The number of methoxy groups -OCH3 is 2. The molecule has 11 heteroatoms. The highest BCUT2D eigenvalue weighted by Crippen LogP contribution is 2.28. The Labute approximate surface area is 227 Å². The van der Waals surface area contributed by atoms with Gasteiger partial charge in [0.15, 0.2) is 11.5 Å². The number of rotatable bonds is 10. The maximum Gasteiger partial charge on any atom is 0.262 e. The minimum atomic E-state index is -3.60. The van der Waals surface area contributed by atoms with Crippen molar-refractivity contribution < 1.29 is 31.8 Å². The molecule has 1 aliphatic heterocycles. The molecule has 1 aromatic heterocycles. The molecule has 1 fully saturated rings. The number of hydrogen-bond acceptors (Lipinski definition) is 8.